The first-order valence-corrected chi connectivity index (χ1v) is 7.39. The van der Waals surface area contributed by atoms with E-state index in [2.05, 4.69) is 4.90 Å². The lowest BCUT2D eigenvalue weighted by molar-refractivity contribution is 0.802. The minimum Gasteiger partial charge on any atom is -0.388 e. The Morgan fingerprint density at radius 3 is 2.43 bits per heavy atom. The molecule has 0 heterocycles. The molecule has 0 spiro atoms. The number of hydrogen-bond donors (Lipinski definition) is 2. The fraction of sp³-hybridized carbons (Fsp3) is 0.188. The summed E-state index contributed by atoms with van der Waals surface area (Å²) in [4.78, 5) is 2.14. The van der Waals surface area contributed by atoms with Crippen LogP contribution in [0, 0.1) is 5.41 Å². The molecule has 0 atom stereocenters. The summed E-state index contributed by atoms with van der Waals surface area (Å²) in [5.74, 6) is 0.174. The number of amidine groups is 1. The summed E-state index contributed by atoms with van der Waals surface area (Å²) in [5, 5.41) is 8.53. The number of hydrogen-bond acceptors (Lipinski definition) is 2. The number of anilines is 1. The number of halogens is 2. The van der Waals surface area contributed by atoms with Crippen LogP contribution in [0.4, 0.5) is 5.69 Å². The highest BCUT2D eigenvalue weighted by Gasteiger charge is 2.11. The van der Waals surface area contributed by atoms with Crippen molar-refractivity contribution in [1.29, 1.82) is 5.41 Å². The largest absolute Gasteiger partial charge is 0.388 e. The van der Waals surface area contributed by atoms with Gasteiger partial charge in [-0.15, -0.1) is 0 Å². The molecule has 0 radical (unpaired) electrons. The third-order valence-electron chi connectivity index (χ3n) is 3.17. The first-order valence-electron chi connectivity index (χ1n) is 6.63. The first kappa shape index (κ1) is 15.7. The highest BCUT2D eigenvalue weighted by atomic mass is 35.5. The summed E-state index contributed by atoms with van der Waals surface area (Å²) < 4.78 is 0. The van der Waals surface area contributed by atoms with Gasteiger partial charge in [-0.2, -0.15) is 0 Å². The van der Waals surface area contributed by atoms with Gasteiger partial charge < -0.3 is 10.6 Å². The van der Waals surface area contributed by atoms with E-state index in [1.54, 1.807) is 6.07 Å². The average molecular weight is 322 g/mol. The summed E-state index contributed by atoms with van der Waals surface area (Å²) in [6.07, 6.45) is 0.507. The van der Waals surface area contributed by atoms with Crippen LogP contribution in [0.3, 0.4) is 0 Å². The maximum Gasteiger partial charge on any atom is 0.0923 e. The number of nitrogens with two attached hydrogens (primary N) is 1. The summed E-state index contributed by atoms with van der Waals surface area (Å²) in [6, 6.07) is 15.6. The summed E-state index contributed by atoms with van der Waals surface area (Å²) in [6.45, 7) is 1.28. The lowest BCUT2D eigenvalue weighted by Crippen LogP contribution is -2.27. The van der Waals surface area contributed by atoms with Crippen LogP contribution in [0.15, 0.2) is 48.5 Å². The second-order valence-electron chi connectivity index (χ2n) is 4.75. The van der Waals surface area contributed by atoms with Crippen molar-refractivity contribution >= 4 is 34.7 Å². The normalized spacial score (nSPS) is 10.4. The van der Waals surface area contributed by atoms with Crippen molar-refractivity contribution in [3.05, 3.63) is 64.1 Å². The Balaban J connectivity index is 2.23. The Hall–Kier alpha value is -1.71. The first-order chi connectivity index (χ1) is 10.1. The highest BCUT2D eigenvalue weighted by molar-refractivity contribution is 6.42. The quantitative estimate of drug-likeness (QED) is 0.614. The van der Waals surface area contributed by atoms with Gasteiger partial charge in [-0.05, 0) is 23.8 Å². The molecule has 5 heteroatoms. The molecule has 0 aliphatic heterocycles. The van der Waals surface area contributed by atoms with Gasteiger partial charge in [0.25, 0.3) is 0 Å². The zero-order valence-corrected chi connectivity index (χ0v) is 13.0. The van der Waals surface area contributed by atoms with Crippen molar-refractivity contribution in [2.75, 3.05) is 11.4 Å². The monoisotopic (exact) mass is 321 g/mol. The minimum absolute atomic E-state index is 0.174. The van der Waals surface area contributed by atoms with Gasteiger partial charge in [-0.3, -0.25) is 5.41 Å². The second kappa shape index (κ2) is 7.34. The van der Waals surface area contributed by atoms with Crippen LogP contribution in [0.5, 0.6) is 0 Å². The SMILES string of the molecule is N=C(N)CCN(Cc1cccc(Cl)c1Cl)c1ccccc1. The van der Waals surface area contributed by atoms with Crippen molar-refractivity contribution in [3.8, 4) is 0 Å². The lowest BCUT2D eigenvalue weighted by atomic mass is 10.2. The van der Waals surface area contributed by atoms with Gasteiger partial charge >= 0.3 is 0 Å². The van der Waals surface area contributed by atoms with Gasteiger partial charge in [-0.1, -0.05) is 53.5 Å². The molecule has 2 rings (SSSR count). The van der Waals surface area contributed by atoms with Crippen LogP contribution in [-0.2, 0) is 6.54 Å². The number of rotatable bonds is 6. The number of nitrogens with one attached hydrogen (secondary N) is 1. The summed E-state index contributed by atoms with van der Waals surface area (Å²) in [7, 11) is 0. The molecule has 3 N–H and O–H groups in total. The summed E-state index contributed by atoms with van der Waals surface area (Å²) in [5.41, 5.74) is 7.50. The zero-order valence-electron chi connectivity index (χ0n) is 11.5. The predicted molar refractivity (Wildman–Crippen MR) is 90.5 cm³/mol. The highest BCUT2D eigenvalue weighted by Crippen LogP contribution is 2.28. The molecule has 3 nitrogen and oxygen atoms in total. The molecule has 2 aromatic rings. The van der Waals surface area contributed by atoms with Crippen molar-refractivity contribution < 1.29 is 0 Å². The van der Waals surface area contributed by atoms with Gasteiger partial charge in [0.1, 0.15) is 0 Å². The molecule has 0 aromatic heterocycles. The predicted octanol–water partition coefficient (Wildman–Crippen LogP) is 4.33. The minimum atomic E-state index is 0.174. The Morgan fingerprint density at radius 1 is 1.05 bits per heavy atom. The van der Waals surface area contributed by atoms with Crippen LogP contribution in [0.1, 0.15) is 12.0 Å². The Bertz CT molecular complexity index is 614. The third-order valence-corrected chi connectivity index (χ3v) is 4.02. The van der Waals surface area contributed by atoms with Gasteiger partial charge in [0.2, 0.25) is 0 Å². The van der Waals surface area contributed by atoms with Crippen LogP contribution in [-0.4, -0.2) is 12.4 Å². The van der Waals surface area contributed by atoms with E-state index in [-0.39, 0.29) is 5.84 Å². The van der Waals surface area contributed by atoms with E-state index in [0.29, 0.717) is 29.6 Å². The van der Waals surface area contributed by atoms with E-state index in [9.17, 15) is 0 Å². The van der Waals surface area contributed by atoms with Crippen molar-refractivity contribution in [2.24, 2.45) is 5.73 Å². The molecule has 110 valence electrons. The van der Waals surface area contributed by atoms with E-state index < -0.39 is 0 Å². The van der Waals surface area contributed by atoms with Crippen molar-refractivity contribution in [1.82, 2.24) is 0 Å². The molecule has 0 amide bonds. The molecule has 0 fully saturated rings. The van der Waals surface area contributed by atoms with Crippen molar-refractivity contribution in [3.63, 3.8) is 0 Å². The van der Waals surface area contributed by atoms with Crippen LogP contribution >= 0.6 is 23.2 Å². The van der Waals surface area contributed by atoms with Gasteiger partial charge in [0, 0.05) is 25.2 Å². The fourth-order valence-corrected chi connectivity index (χ4v) is 2.45. The van der Waals surface area contributed by atoms with E-state index in [1.807, 2.05) is 42.5 Å². The van der Waals surface area contributed by atoms with E-state index in [0.717, 1.165) is 11.3 Å². The molecule has 0 bridgehead atoms. The molecule has 0 unspecified atom stereocenters. The number of para-hydroxylation sites is 1. The van der Waals surface area contributed by atoms with Gasteiger partial charge in [-0.25, -0.2) is 0 Å². The molecular formula is C16H17Cl2N3. The topological polar surface area (TPSA) is 53.1 Å². The Labute approximate surface area is 134 Å². The molecule has 21 heavy (non-hydrogen) atoms. The lowest BCUT2D eigenvalue weighted by Gasteiger charge is -2.25. The molecule has 2 aromatic carbocycles. The van der Waals surface area contributed by atoms with Gasteiger partial charge in [0.15, 0.2) is 0 Å². The Morgan fingerprint density at radius 2 is 1.76 bits per heavy atom. The third kappa shape index (κ3) is 4.38. The average Bonchev–Trinajstić information content (AvgIpc) is 2.48. The number of nitrogens with zero attached hydrogens (tertiary/aromatic N) is 1. The molecule has 0 aliphatic rings. The number of benzene rings is 2. The molecule has 0 aliphatic carbocycles. The molecule has 0 saturated heterocycles. The summed E-state index contributed by atoms with van der Waals surface area (Å²) >= 11 is 12.3. The van der Waals surface area contributed by atoms with Crippen molar-refractivity contribution in [2.45, 2.75) is 13.0 Å². The van der Waals surface area contributed by atoms with Gasteiger partial charge in [0.05, 0.1) is 15.9 Å². The Kier molecular flexibility index (Phi) is 5.48. The molecular weight excluding hydrogens is 305 g/mol. The fourth-order valence-electron chi connectivity index (χ4n) is 2.07. The van der Waals surface area contributed by atoms with Crippen LogP contribution in [0.2, 0.25) is 10.0 Å². The maximum atomic E-state index is 7.41. The zero-order chi connectivity index (χ0) is 15.2. The smallest absolute Gasteiger partial charge is 0.0923 e. The van der Waals surface area contributed by atoms with E-state index in [1.165, 1.54) is 0 Å². The molecule has 0 saturated carbocycles. The standard InChI is InChI=1S/C16H17Cl2N3/c17-14-8-4-5-12(16(14)18)11-21(10-9-15(19)20)13-6-2-1-3-7-13/h1-8H,9-11H2,(H3,19,20). The van der Waals surface area contributed by atoms with Crippen LogP contribution in [0.25, 0.3) is 0 Å². The van der Waals surface area contributed by atoms with Crippen LogP contribution < -0.4 is 10.6 Å². The van der Waals surface area contributed by atoms with E-state index in [4.69, 9.17) is 34.3 Å². The maximum absolute atomic E-state index is 7.41. The van der Waals surface area contributed by atoms with E-state index >= 15 is 0 Å². The second-order valence-corrected chi connectivity index (χ2v) is 5.53.